The van der Waals surface area contributed by atoms with Gasteiger partial charge < -0.3 is 19.3 Å². The minimum atomic E-state index is -0.711. The summed E-state index contributed by atoms with van der Waals surface area (Å²) in [7, 11) is 4.16. The molecule has 130 valence electrons. The molecule has 1 aliphatic rings. The summed E-state index contributed by atoms with van der Waals surface area (Å²) in [5, 5.41) is 10.3. The number of hydrogen-bond acceptors (Lipinski definition) is 6. The van der Waals surface area contributed by atoms with E-state index in [0.717, 1.165) is 0 Å². The van der Waals surface area contributed by atoms with E-state index in [-0.39, 0.29) is 46.0 Å². The van der Waals surface area contributed by atoms with Crippen molar-refractivity contribution in [1.29, 1.82) is 0 Å². The van der Waals surface area contributed by atoms with Crippen LogP contribution < -0.4 is 9.47 Å². The van der Waals surface area contributed by atoms with Crippen molar-refractivity contribution in [2.24, 2.45) is 11.8 Å². The van der Waals surface area contributed by atoms with E-state index in [1.807, 2.05) is 0 Å². The number of phenols is 1. The predicted molar refractivity (Wildman–Crippen MR) is 87.9 cm³/mol. The number of carbonyl (C=O) groups is 2. The number of phenolic OH excluding ortho intramolecular Hbond substituents is 1. The number of ketones is 2. The Bertz CT molecular complexity index is 710. The zero-order valence-electron chi connectivity index (χ0n) is 13.9. The first-order chi connectivity index (χ1) is 11.3. The van der Waals surface area contributed by atoms with E-state index >= 15 is 0 Å². The van der Waals surface area contributed by atoms with E-state index in [4.69, 9.17) is 25.8 Å². The molecular formula is C17H19ClO6. The van der Waals surface area contributed by atoms with E-state index < -0.39 is 17.5 Å². The second-order valence-electron chi connectivity index (χ2n) is 5.56. The number of rotatable bonds is 5. The normalized spacial score (nSPS) is 20.4. The SMILES string of the molecule is COC1=CC(=O)C[C@@H](C)C1C(=O)c1c(OC)cc(OC)c(Cl)c1O. The number of aromatic hydroxyl groups is 1. The van der Waals surface area contributed by atoms with Crippen LogP contribution in [-0.4, -0.2) is 38.0 Å². The number of Topliss-reactive ketones (excluding diaryl/α,β-unsaturated/α-hetero) is 1. The fourth-order valence-electron chi connectivity index (χ4n) is 2.90. The van der Waals surface area contributed by atoms with Crippen molar-refractivity contribution >= 4 is 23.2 Å². The van der Waals surface area contributed by atoms with Crippen molar-refractivity contribution < 1.29 is 28.9 Å². The first-order valence-electron chi connectivity index (χ1n) is 7.31. The van der Waals surface area contributed by atoms with Crippen LogP contribution in [0, 0.1) is 11.8 Å². The number of hydrogen-bond donors (Lipinski definition) is 1. The topological polar surface area (TPSA) is 82.1 Å². The summed E-state index contributed by atoms with van der Waals surface area (Å²) in [6, 6.07) is 1.43. The molecule has 7 heteroatoms. The van der Waals surface area contributed by atoms with Crippen molar-refractivity contribution in [2.45, 2.75) is 13.3 Å². The maximum absolute atomic E-state index is 13.1. The number of ether oxygens (including phenoxy) is 3. The maximum Gasteiger partial charge on any atom is 0.181 e. The summed E-state index contributed by atoms with van der Waals surface area (Å²) in [6.45, 7) is 1.78. The summed E-state index contributed by atoms with van der Waals surface area (Å²) in [6.07, 6.45) is 1.54. The smallest absolute Gasteiger partial charge is 0.181 e. The average Bonchev–Trinajstić information content (AvgIpc) is 2.55. The fourth-order valence-corrected chi connectivity index (χ4v) is 3.12. The highest BCUT2D eigenvalue weighted by molar-refractivity contribution is 6.34. The molecule has 6 nitrogen and oxygen atoms in total. The van der Waals surface area contributed by atoms with Gasteiger partial charge in [0.2, 0.25) is 0 Å². The summed E-state index contributed by atoms with van der Waals surface area (Å²) < 4.78 is 15.5. The number of halogens is 1. The van der Waals surface area contributed by atoms with Crippen LogP contribution in [0.1, 0.15) is 23.7 Å². The Hall–Kier alpha value is -2.21. The van der Waals surface area contributed by atoms with Crippen molar-refractivity contribution in [3.05, 3.63) is 28.5 Å². The molecule has 0 fully saturated rings. The molecule has 0 saturated heterocycles. The zero-order chi connectivity index (χ0) is 18.0. The summed E-state index contributed by atoms with van der Waals surface area (Å²) in [4.78, 5) is 24.8. The van der Waals surface area contributed by atoms with Gasteiger partial charge in [0, 0.05) is 18.6 Å². The Morgan fingerprint density at radius 1 is 1.21 bits per heavy atom. The van der Waals surface area contributed by atoms with Gasteiger partial charge in [-0.15, -0.1) is 0 Å². The van der Waals surface area contributed by atoms with Crippen LogP contribution in [0.15, 0.2) is 17.9 Å². The highest BCUT2D eigenvalue weighted by Gasteiger charge is 2.38. The van der Waals surface area contributed by atoms with E-state index in [0.29, 0.717) is 0 Å². The number of allylic oxidation sites excluding steroid dienone is 2. The minimum Gasteiger partial charge on any atom is -0.505 e. The van der Waals surface area contributed by atoms with Crippen LogP contribution in [0.5, 0.6) is 17.2 Å². The van der Waals surface area contributed by atoms with Crippen molar-refractivity contribution in [3.8, 4) is 17.2 Å². The lowest BCUT2D eigenvalue weighted by molar-refractivity contribution is -0.116. The van der Waals surface area contributed by atoms with Gasteiger partial charge in [0.1, 0.15) is 27.8 Å². The van der Waals surface area contributed by atoms with Crippen molar-refractivity contribution in [3.63, 3.8) is 0 Å². The largest absolute Gasteiger partial charge is 0.505 e. The van der Waals surface area contributed by atoms with E-state index in [2.05, 4.69) is 0 Å². The lowest BCUT2D eigenvalue weighted by Crippen LogP contribution is -2.31. The Labute approximate surface area is 145 Å². The third-order valence-electron chi connectivity index (χ3n) is 4.08. The van der Waals surface area contributed by atoms with Gasteiger partial charge in [0.25, 0.3) is 0 Å². The Kier molecular flexibility index (Phi) is 5.39. The molecule has 0 bridgehead atoms. The maximum atomic E-state index is 13.1. The second kappa shape index (κ2) is 7.13. The Morgan fingerprint density at radius 3 is 2.38 bits per heavy atom. The van der Waals surface area contributed by atoms with Crippen molar-refractivity contribution in [2.75, 3.05) is 21.3 Å². The first-order valence-corrected chi connectivity index (χ1v) is 7.69. The minimum absolute atomic E-state index is 0.0579. The quantitative estimate of drug-likeness (QED) is 0.818. The average molecular weight is 355 g/mol. The molecule has 1 N–H and O–H groups in total. The molecule has 0 amide bonds. The predicted octanol–water partition coefficient (Wildman–Crippen LogP) is 3.00. The molecule has 1 aromatic carbocycles. The van der Waals surface area contributed by atoms with Gasteiger partial charge in [-0.25, -0.2) is 0 Å². The molecule has 0 aromatic heterocycles. The van der Waals surface area contributed by atoms with Crippen LogP contribution in [0.25, 0.3) is 0 Å². The molecule has 2 atom stereocenters. The third-order valence-corrected chi connectivity index (χ3v) is 4.44. The van der Waals surface area contributed by atoms with E-state index in [1.54, 1.807) is 6.92 Å². The summed E-state index contributed by atoms with van der Waals surface area (Å²) in [5.74, 6) is -1.36. The molecule has 0 saturated carbocycles. The van der Waals surface area contributed by atoms with Crippen LogP contribution in [0.2, 0.25) is 5.02 Å². The van der Waals surface area contributed by atoms with Gasteiger partial charge in [0.15, 0.2) is 17.3 Å². The molecule has 0 aliphatic heterocycles. The fraction of sp³-hybridized carbons (Fsp3) is 0.412. The van der Waals surface area contributed by atoms with Gasteiger partial charge in [0.05, 0.1) is 27.2 Å². The van der Waals surface area contributed by atoms with Gasteiger partial charge in [-0.3, -0.25) is 9.59 Å². The van der Waals surface area contributed by atoms with E-state index in [9.17, 15) is 14.7 Å². The van der Waals surface area contributed by atoms with E-state index in [1.165, 1.54) is 33.5 Å². The standard InChI is InChI=1S/C17H19ClO6/c1-8-5-9(19)6-10(22-2)13(8)16(20)14-11(23-3)7-12(24-4)15(18)17(14)21/h6-8,13,21H,5H2,1-4H3/t8-,13?/m1/s1. The molecule has 1 unspecified atom stereocenters. The third kappa shape index (κ3) is 3.06. The molecular weight excluding hydrogens is 336 g/mol. The lowest BCUT2D eigenvalue weighted by Gasteiger charge is -2.28. The molecule has 1 aliphatic carbocycles. The van der Waals surface area contributed by atoms with Crippen LogP contribution in [0.4, 0.5) is 0 Å². The molecule has 0 spiro atoms. The number of carbonyl (C=O) groups excluding carboxylic acids is 2. The second-order valence-corrected chi connectivity index (χ2v) is 5.94. The summed E-state index contributed by atoms with van der Waals surface area (Å²) >= 11 is 6.06. The van der Waals surface area contributed by atoms with Crippen molar-refractivity contribution in [1.82, 2.24) is 0 Å². The lowest BCUT2D eigenvalue weighted by atomic mass is 9.78. The number of benzene rings is 1. The molecule has 0 radical (unpaired) electrons. The van der Waals surface area contributed by atoms with Crippen LogP contribution in [-0.2, 0) is 9.53 Å². The number of methoxy groups -OCH3 is 3. The highest BCUT2D eigenvalue weighted by atomic mass is 35.5. The molecule has 0 heterocycles. The zero-order valence-corrected chi connectivity index (χ0v) is 14.6. The highest BCUT2D eigenvalue weighted by Crippen LogP contribution is 2.45. The molecule has 1 aromatic rings. The molecule has 2 rings (SSSR count). The van der Waals surface area contributed by atoms with Gasteiger partial charge in [-0.2, -0.15) is 0 Å². The summed E-state index contributed by atoms with van der Waals surface area (Å²) in [5.41, 5.74) is -0.0579. The van der Waals surface area contributed by atoms with Crippen LogP contribution in [0.3, 0.4) is 0 Å². The van der Waals surface area contributed by atoms with Gasteiger partial charge in [-0.1, -0.05) is 18.5 Å². The monoisotopic (exact) mass is 354 g/mol. The molecule has 24 heavy (non-hydrogen) atoms. The van der Waals surface area contributed by atoms with Crippen LogP contribution >= 0.6 is 11.6 Å². The first kappa shape index (κ1) is 18.1. The van der Waals surface area contributed by atoms with Gasteiger partial charge >= 0.3 is 0 Å². The Balaban J connectivity index is 2.59. The van der Waals surface area contributed by atoms with Gasteiger partial charge in [-0.05, 0) is 5.92 Å². The Morgan fingerprint density at radius 2 is 1.83 bits per heavy atom.